The first kappa shape index (κ1) is 18.2. The van der Waals surface area contributed by atoms with E-state index in [2.05, 4.69) is 10.3 Å². The van der Waals surface area contributed by atoms with Gasteiger partial charge in [0.15, 0.2) is 23.8 Å². The highest BCUT2D eigenvalue weighted by Gasteiger charge is 2.32. The van der Waals surface area contributed by atoms with Crippen molar-refractivity contribution in [3.05, 3.63) is 39.8 Å². The van der Waals surface area contributed by atoms with Gasteiger partial charge in [0, 0.05) is 30.3 Å². The summed E-state index contributed by atoms with van der Waals surface area (Å²) in [5.74, 6) is -0.0378. The minimum Gasteiger partial charge on any atom is -0.483 e. The number of benzene rings is 1. The molecular weight excluding hydrogens is 356 g/mol. The van der Waals surface area contributed by atoms with E-state index in [1.807, 2.05) is 26.0 Å². The van der Waals surface area contributed by atoms with Crippen LogP contribution in [0, 0.1) is 0 Å². The molecule has 2 heterocycles. The van der Waals surface area contributed by atoms with Crippen LogP contribution in [0.25, 0.3) is 0 Å². The molecule has 8 heteroatoms. The molecule has 0 atom stereocenters. The van der Waals surface area contributed by atoms with Crippen molar-refractivity contribution in [1.29, 1.82) is 0 Å². The lowest BCUT2D eigenvalue weighted by Gasteiger charge is -2.18. The van der Waals surface area contributed by atoms with Crippen molar-refractivity contribution in [1.82, 2.24) is 10.3 Å². The molecule has 2 aromatic rings. The number of nitrogens with zero attached hydrogens (tertiary/aromatic N) is 1. The molecule has 3 rings (SSSR count). The maximum atomic E-state index is 12.0. The van der Waals surface area contributed by atoms with E-state index in [1.54, 1.807) is 6.07 Å². The number of thiazole rings is 1. The van der Waals surface area contributed by atoms with Gasteiger partial charge >= 0.3 is 5.97 Å². The van der Waals surface area contributed by atoms with Crippen LogP contribution in [0.15, 0.2) is 23.6 Å². The number of hydrogen-bond donors (Lipinski definition) is 2. The highest BCUT2D eigenvalue weighted by atomic mass is 32.1. The number of carboxylic acids is 1. The predicted molar refractivity (Wildman–Crippen MR) is 96.1 cm³/mol. The molecular formula is C18H20N2O5S. The second-order valence-electron chi connectivity index (χ2n) is 6.60. The normalized spacial score (nSPS) is 14.4. The minimum absolute atomic E-state index is 0.0283. The summed E-state index contributed by atoms with van der Waals surface area (Å²) in [6.07, 6.45) is 1.28. The van der Waals surface area contributed by atoms with Gasteiger partial charge in [-0.2, -0.15) is 0 Å². The van der Waals surface area contributed by atoms with E-state index in [0.29, 0.717) is 29.5 Å². The van der Waals surface area contributed by atoms with Crippen LogP contribution in [-0.2, 0) is 17.6 Å². The summed E-state index contributed by atoms with van der Waals surface area (Å²) in [7, 11) is 0. The maximum absolute atomic E-state index is 12.0. The van der Waals surface area contributed by atoms with Crippen LogP contribution in [0.5, 0.6) is 11.5 Å². The zero-order valence-electron chi connectivity index (χ0n) is 14.6. The van der Waals surface area contributed by atoms with Gasteiger partial charge in [-0.05, 0) is 19.9 Å². The largest absolute Gasteiger partial charge is 0.483 e. The first-order chi connectivity index (χ1) is 12.3. The monoisotopic (exact) mass is 376 g/mol. The molecule has 1 aromatic carbocycles. The van der Waals surface area contributed by atoms with E-state index in [1.165, 1.54) is 16.7 Å². The van der Waals surface area contributed by atoms with Crippen LogP contribution in [0.1, 0.15) is 34.9 Å². The second-order valence-corrected chi connectivity index (χ2v) is 7.55. The number of ether oxygens (including phenoxy) is 2. The molecule has 1 aliphatic rings. The van der Waals surface area contributed by atoms with Gasteiger partial charge in [-0.25, -0.2) is 9.78 Å². The number of hydrogen-bond acceptors (Lipinski definition) is 6. The smallest absolute Gasteiger partial charge is 0.355 e. The molecule has 26 heavy (non-hydrogen) atoms. The van der Waals surface area contributed by atoms with E-state index in [-0.39, 0.29) is 23.8 Å². The fourth-order valence-electron chi connectivity index (χ4n) is 2.73. The molecule has 0 radical (unpaired) electrons. The first-order valence-corrected chi connectivity index (χ1v) is 9.10. The third-order valence-corrected chi connectivity index (χ3v) is 4.75. The van der Waals surface area contributed by atoms with Gasteiger partial charge in [0.1, 0.15) is 5.60 Å². The van der Waals surface area contributed by atoms with E-state index in [0.717, 1.165) is 12.0 Å². The van der Waals surface area contributed by atoms with E-state index >= 15 is 0 Å². The van der Waals surface area contributed by atoms with Crippen molar-refractivity contribution in [3.63, 3.8) is 0 Å². The van der Waals surface area contributed by atoms with Crippen LogP contribution in [0.3, 0.4) is 0 Å². The van der Waals surface area contributed by atoms with Crippen molar-refractivity contribution in [3.8, 4) is 11.5 Å². The Hall–Kier alpha value is -2.61. The second kappa shape index (κ2) is 7.33. The molecule has 1 aromatic heterocycles. The van der Waals surface area contributed by atoms with Gasteiger partial charge in [0.05, 0.1) is 5.01 Å². The Bertz CT molecular complexity index is 831. The highest BCUT2D eigenvalue weighted by molar-refractivity contribution is 7.09. The zero-order valence-corrected chi connectivity index (χ0v) is 15.4. The SMILES string of the molecule is CC1(C)Cc2cccc(OCC(=O)NCCc3nc(C(=O)O)cs3)c2O1. The maximum Gasteiger partial charge on any atom is 0.355 e. The Morgan fingerprint density at radius 3 is 2.96 bits per heavy atom. The molecule has 0 saturated heterocycles. The fourth-order valence-corrected chi connectivity index (χ4v) is 3.50. The van der Waals surface area contributed by atoms with Gasteiger partial charge in [-0.1, -0.05) is 12.1 Å². The topological polar surface area (TPSA) is 97.8 Å². The molecule has 1 amide bonds. The summed E-state index contributed by atoms with van der Waals surface area (Å²) >= 11 is 1.26. The number of rotatable bonds is 7. The van der Waals surface area contributed by atoms with E-state index in [9.17, 15) is 9.59 Å². The molecule has 7 nitrogen and oxygen atoms in total. The summed E-state index contributed by atoms with van der Waals surface area (Å²) in [4.78, 5) is 26.7. The summed E-state index contributed by atoms with van der Waals surface area (Å²) in [6.45, 7) is 4.28. The van der Waals surface area contributed by atoms with Crippen molar-refractivity contribution in [2.24, 2.45) is 0 Å². The van der Waals surface area contributed by atoms with Crippen molar-refractivity contribution in [2.45, 2.75) is 32.3 Å². The van der Waals surface area contributed by atoms with Gasteiger partial charge in [0.25, 0.3) is 5.91 Å². The Morgan fingerprint density at radius 1 is 1.42 bits per heavy atom. The number of carbonyl (C=O) groups excluding carboxylic acids is 1. The number of aromatic nitrogens is 1. The van der Waals surface area contributed by atoms with Crippen molar-refractivity contribution in [2.75, 3.05) is 13.2 Å². The van der Waals surface area contributed by atoms with Crippen LogP contribution < -0.4 is 14.8 Å². The summed E-state index contributed by atoms with van der Waals surface area (Å²) < 4.78 is 11.5. The summed E-state index contributed by atoms with van der Waals surface area (Å²) in [5.41, 5.74) is 0.832. The van der Waals surface area contributed by atoms with Crippen LogP contribution in [-0.4, -0.2) is 40.7 Å². The number of nitrogens with one attached hydrogen (secondary N) is 1. The molecule has 138 valence electrons. The third-order valence-electron chi connectivity index (χ3n) is 3.85. The first-order valence-electron chi connectivity index (χ1n) is 8.22. The fraction of sp³-hybridized carbons (Fsp3) is 0.389. The molecule has 0 aliphatic carbocycles. The highest BCUT2D eigenvalue weighted by Crippen LogP contribution is 2.41. The lowest BCUT2D eigenvalue weighted by molar-refractivity contribution is -0.123. The van der Waals surface area contributed by atoms with E-state index in [4.69, 9.17) is 14.6 Å². The Balaban J connectivity index is 1.46. The molecule has 1 aliphatic heterocycles. The number of para-hydroxylation sites is 1. The van der Waals surface area contributed by atoms with Gasteiger partial charge < -0.3 is 19.9 Å². The number of aromatic carboxylic acids is 1. The predicted octanol–water partition coefficient (Wildman–Crippen LogP) is 2.29. The van der Waals surface area contributed by atoms with E-state index < -0.39 is 5.97 Å². The van der Waals surface area contributed by atoms with Gasteiger partial charge in [-0.15, -0.1) is 11.3 Å². The number of fused-ring (bicyclic) bond motifs is 1. The molecule has 0 bridgehead atoms. The van der Waals surface area contributed by atoms with Crippen LogP contribution in [0.4, 0.5) is 0 Å². The number of carboxylic acid groups (broad SMARTS) is 1. The zero-order chi connectivity index (χ0) is 18.7. The lowest BCUT2D eigenvalue weighted by Crippen LogP contribution is -2.30. The molecule has 0 unspecified atom stereocenters. The quantitative estimate of drug-likeness (QED) is 0.769. The standard InChI is InChI=1S/C18H20N2O5S/c1-18(2)8-11-4-3-5-13(16(11)25-18)24-9-14(21)19-7-6-15-20-12(10-26-15)17(22)23/h3-5,10H,6-9H2,1-2H3,(H,19,21)(H,22,23). The Kier molecular flexibility index (Phi) is 5.13. The Morgan fingerprint density at radius 2 is 2.23 bits per heavy atom. The molecule has 0 spiro atoms. The van der Waals surface area contributed by atoms with Gasteiger partial charge in [-0.3, -0.25) is 4.79 Å². The lowest BCUT2D eigenvalue weighted by atomic mass is 10.0. The number of carbonyl (C=O) groups is 2. The third kappa shape index (κ3) is 4.32. The minimum atomic E-state index is -1.05. The van der Waals surface area contributed by atoms with Crippen molar-refractivity contribution >= 4 is 23.2 Å². The van der Waals surface area contributed by atoms with Crippen LogP contribution >= 0.6 is 11.3 Å². The molecule has 2 N–H and O–H groups in total. The average molecular weight is 376 g/mol. The molecule has 0 fully saturated rings. The molecule has 0 saturated carbocycles. The van der Waals surface area contributed by atoms with Crippen molar-refractivity contribution < 1.29 is 24.2 Å². The van der Waals surface area contributed by atoms with Crippen LogP contribution in [0.2, 0.25) is 0 Å². The average Bonchev–Trinajstić information content (AvgIpc) is 3.15. The van der Waals surface area contributed by atoms with Gasteiger partial charge in [0.2, 0.25) is 0 Å². The summed E-state index contributed by atoms with van der Waals surface area (Å²) in [6, 6.07) is 5.67. The summed E-state index contributed by atoms with van der Waals surface area (Å²) in [5, 5.41) is 13.7. The Labute approximate surface area is 155 Å². The number of amides is 1.